The molecule has 0 spiro atoms. The lowest BCUT2D eigenvalue weighted by Crippen LogP contribution is -2.29. The molecule has 2 aromatic carbocycles. The number of esters is 1. The molecule has 2 aromatic heterocycles. The summed E-state index contributed by atoms with van der Waals surface area (Å²) in [7, 11) is 0. The number of hydrogen-bond acceptors (Lipinski definition) is 6. The molecule has 5 rings (SSSR count). The van der Waals surface area contributed by atoms with Gasteiger partial charge in [0, 0.05) is 34.5 Å². The van der Waals surface area contributed by atoms with Crippen molar-refractivity contribution in [1.82, 2.24) is 4.90 Å². The number of furan rings is 1. The van der Waals surface area contributed by atoms with E-state index in [1.165, 1.54) is 10.4 Å². The Labute approximate surface area is 217 Å². The van der Waals surface area contributed by atoms with Crippen molar-refractivity contribution in [1.29, 1.82) is 0 Å². The Bertz CT molecular complexity index is 1340. The second-order valence-electron chi connectivity index (χ2n) is 8.32. The maximum atomic E-state index is 12.9. The van der Waals surface area contributed by atoms with Gasteiger partial charge in [-0.1, -0.05) is 58.4 Å². The molecule has 3 heterocycles. The van der Waals surface area contributed by atoms with E-state index in [0.717, 1.165) is 47.4 Å². The van der Waals surface area contributed by atoms with Crippen molar-refractivity contribution in [2.45, 2.75) is 26.4 Å². The highest BCUT2D eigenvalue weighted by Crippen LogP contribution is 2.40. The molecule has 1 aliphatic rings. The maximum absolute atomic E-state index is 12.9. The molecule has 35 heavy (non-hydrogen) atoms. The predicted octanol–water partition coefficient (Wildman–Crippen LogP) is 7.26. The Morgan fingerprint density at radius 3 is 2.71 bits per heavy atom. The van der Waals surface area contributed by atoms with Crippen molar-refractivity contribution in [2.24, 2.45) is 4.99 Å². The number of carbonyl (C=O) groups excluding carboxylic acids is 1. The van der Waals surface area contributed by atoms with E-state index in [1.807, 2.05) is 49.4 Å². The van der Waals surface area contributed by atoms with Gasteiger partial charge in [0.2, 0.25) is 0 Å². The Morgan fingerprint density at radius 1 is 1.14 bits per heavy atom. The number of fused-ring (bicyclic) bond motifs is 1. The van der Waals surface area contributed by atoms with Gasteiger partial charge >= 0.3 is 5.97 Å². The number of halogens is 1. The number of carbonyl (C=O) groups is 1. The van der Waals surface area contributed by atoms with Crippen LogP contribution in [0.3, 0.4) is 0 Å². The monoisotopic (exact) mass is 548 g/mol. The molecular formula is C28H25BrN2O3S. The standard InChI is InChI=1S/C28H25BrN2O3S/c1-2-33-28(32)26-23-14-15-31(17-19-6-4-3-5-7-19)18-25(23)35-27(26)30-16-22-12-13-24(34-22)20-8-10-21(29)11-9-20/h3-13,16H,2,14-15,17-18H2,1H3. The molecule has 5 nitrogen and oxygen atoms in total. The summed E-state index contributed by atoms with van der Waals surface area (Å²) in [5.41, 5.74) is 3.95. The van der Waals surface area contributed by atoms with Crippen molar-refractivity contribution in [3.63, 3.8) is 0 Å². The van der Waals surface area contributed by atoms with Gasteiger partial charge < -0.3 is 9.15 Å². The largest absolute Gasteiger partial charge is 0.462 e. The average Bonchev–Trinajstić information content (AvgIpc) is 3.48. The SMILES string of the molecule is CCOC(=O)c1c(N=Cc2ccc(-c3ccc(Br)cc3)o2)sc2c1CCN(Cc1ccccc1)C2. The Balaban J connectivity index is 1.39. The highest BCUT2D eigenvalue weighted by molar-refractivity contribution is 9.10. The highest BCUT2D eigenvalue weighted by atomic mass is 79.9. The summed E-state index contributed by atoms with van der Waals surface area (Å²) in [5, 5.41) is 0.677. The van der Waals surface area contributed by atoms with E-state index < -0.39 is 0 Å². The second-order valence-corrected chi connectivity index (χ2v) is 10.3. The van der Waals surface area contributed by atoms with Gasteiger partial charge in [0.25, 0.3) is 0 Å². The first kappa shape index (κ1) is 23.7. The van der Waals surface area contributed by atoms with Crippen molar-refractivity contribution in [3.8, 4) is 11.3 Å². The van der Waals surface area contributed by atoms with E-state index in [1.54, 1.807) is 17.6 Å². The van der Waals surface area contributed by atoms with Crippen LogP contribution in [0.5, 0.6) is 0 Å². The number of hydrogen-bond donors (Lipinski definition) is 0. The Hall–Kier alpha value is -3.00. The van der Waals surface area contributed by atoms with Crippen LogP contribution in [-0.4, -0.2) is 30.2 Å². The van der Waals surface area contributed by atoms with Crippen LogP contribution < -0.4 is 0 Å². The van der Waals surface area contributed by atoms with Crippen LogP contribution in [0.4, 0.5) is 5.00 Å². The molecule has 0 aliphatic carbocycles. The van der Waals surface area contributed by atoms with Gasteiger partial charge in [0.15, 0.2) is 0 Å². The fourth-order valence-electron chi connectivity index (χ4n) is 4.24. The first-order chi connectivity index (χ1) is 17.1. The van der Waals surface area contributed by atoms with Gasteiger partial charge in [0.05, 0.1) is 18.4 Å². The number of nitrogens with zero attached hydrogens (tertiary/aromatic N) is 2. The third-order valence-corrected chi connectivity index (χ3v) is 7.56. The zero-order chi connectivity index (χ0) is 24.2. The number of rotatable bonds is 7. The summed E-state index contributed by atoms with van der Waals surface area (Å²) in [6.07, 6.45) is 2.49. The fraction of sp³-hybridized carbons (Fsp3) is 0.214. The van der Waals surface area contributed by atoms with Crippen LogP contribution in [-0.2, 0) is 24.2 Å². The molecule has 0 bridgehead atoms. The molecule has 0 fully saturated rings. The summed E-state index contributed by atoms with van der Waals surface area (Å²) in [6, 6.07) is 22.2. The molecule has 0 saturated heterocycles. The lowest BCUT2D eigenvalue weighted by Gasteiger charge is -2.27. The number of benzene rings is 2. The quantitative estimate of drug-likeness (QED) is 0.180. The summed E-state index contributed by atoms with van der Waals surface area (Å²) in [4.78, 5) is 21.1. The summed E-state index contributed by atoms with van der Waals surface area (Å²) in [5.74, 6) is 1.10. The van der Waals surface area contributed by atoms with Crippen molar-refractivity contribution >= 4 is 44.5 Å². The molecule has 0 atom stereocenters. The van der Waals surface area contributed by atoms with Crippen molar-refractivity contribution < 1.29 is 13.9 Å². The van der Waals surface area contributed by atoms with Gasteiger partial charge in [-0.25, -0.2) is 9.79 Å². The second kappa shape index (κ2) is 10.7. The minimum absolute atomic E-state index is 0.302. The van der Waals surface area contributed by atoms with Crippen LogP contribution in [0.2, 0.25) is 0 Å². The Kier molecular flexibility index (Phi) is 7.27. The van der Waals surface area contributed by atoms with Crippen LogP contribution >= 0.6 is 27.3 Å². The van der Waals surface area contributed by atoms with Gasteiger partial charge in [-0.3, -0.25) is 4.90 Å². The summed E-state index contributed by atoms with van der Waals surface area (Å²) in [6.45, 7) is 4.74. The molecule has 0 saturated carbocycles. The minimum Gasteiger partial charge on any atom is -0.462 e. The third kappa shape index (κ3) is 5.48. The van der Waals surface area contributed by atoms with Gasteiger partial charge in [-0.05, 0) is 48.7 Å². The molecule has 4 aromatic rings. The van der Waals surface area contributed by atoms with Gasteiger partial charge in [-0.15, -0.1) is 11.3 Å². The molecule has 1 aliphatic heterocycles. The molecule has 0 amide bonds. The number of aliphatic imine (C=N–C) groups is 1. The van der Waals surface area contributed by atoms with Gasteiger partial charge in [0.1, 0.15) is 16.5 Å². The topological polar surface area (TPSA) is 55.0 Å². The van der Waals surface area contributed by atoms with Crippen molar-refractivity contribution in [3.05, 3.63) is 98.5 Å². The Morgan fingerprint density at radius 2 is 1.94 bits per heavy atom. The van der Waals surface area contributed by atoms with Crippen molar-refractivity contribution in [2.75, 3.05) is 13.2 Å². The van der Waals surface area contributed by atoms with E-state index in [-0.39, 0.29) is 5.97 Å². The molecule has 178 valence electrons. The normalized spacial score (nSPS) is 13.8. The summed E-state index contributed by atoms with van der Waals surface area (Å²) < 4.78 is 12.4. The molecule has 0 N–H and O–H groups in total. The van der Waals surface area contributed by atoms with Crippen LogP contribution in [0.1, 0.15) is 39.0 Å². The predicted molar refractivity (Wildman–Crippen MR) is 144 cm³/mol. The third-order valence-electron chi connectivity index (χ3n) is 5.91. The average molecular weight is 549 g/mol. The van der Waals surface area contributed by atoms with Crippen LogP contribution in [0, 0.1) is 0 Å². The van der Waals surface area contributed by atoms with E-state index >= 15 is 0 Å². The first-order valence-electron chi connectivity index (χ1n) is 11.6. The van der Waals surface area contributed by atoms with E-state index in [2.05, 4.69) is 50.1 Å². The molecule has 0 unspecified atom stereocenters. The minimum atomic E-state index is -0.302. The maximum Gasteiger partial charge on any atom is 0.341 e. The lowest BCUT2D eigenvalue weighted by molar-refractivity contribution is 0.0526. The smallest absolute Gasteiger partial charge is 0.341 e. The first-order valence-corrected chi connectivity index (χ1v) is 13.2. The van der Waals surface area contributed by atoms with E-state index in [0.29, 0.717) is 22.9 Å². The molecular weight excluding hydrogens is 524 g/mol. The highest BCUT2D eigenvalue weighted by Gasteiger charge is 2.28. The fourth-order valence-corrected chi connectivity index (χ4v) is 5.72. The summed E-state index contributed by atoms with van der Waals surface area (Å²) >= 11 is 5.02. The molecule has 7 heteroatoms. The number of ether oxygens (including phenoxy) is 1. The zero-order valence-electron chi connectivity index (χ0n) is 19.4. The zero-order valence-corrected chi connectivity index (χ0v) is 21.8. The number of thiophene rings is 1. The van der Waals surface area contributed by atoms with Crippen LogP contribution in [0.15, 0.2) is 80.6 Å². The van der Waals surface area contributed by atoms with E-state index in [9.17, 15) is 4.79 Å². The lowest BCUT2D eigenvalue weighted by atomic mass is 10.0. The van der Waals surface area contributed by atoms with Gasteiger partial charge in [-0.2, -0.15) is 0 Å². The van der Waals surface area contributed by atoms with E-state index in [4.69, 9.17) is 9.15 Å². The van der Waals surface area contributed by atoms with Crippen LogP contribution in [0.25, 0.3) is 11.3 Å². The molecule has 0 radical (unpaired) electrons.